The molecule has 1 aliphatic heterocycles. The van der Waals surface area contributed by atoms with Crippen LogP contribution in [0.1, 0.15) is 33.1 Å². The van der Waals surface area contributed by atoms with Crippen molar-refractivity contribution in [1.29, 1.82) is 0 Å². The smallest absolute Gasteiger partial charge is 0.321 e. The monoisotopic (exact) mass is 466 g/mol. The molecule has 4 amide bonds. The summed E-state index contributed by atoms with van der Waals surface area (Å²) in [5.41, 5.74) is 0.597. The number of hydrogen-bond donors (Lipinski definition) is 2. The van der Waals surface area contributed by atoms with Crippen LogP contribution in [0.3, 0.4) is 0 Å². The maximum absolute atomic E-state index is 13.3. The molecule has 8 nitrogen and oxygen atoms in total. The molecule has 0 saturated carbocycles. The number of nitrogens with one attached hydrogen (secondary N) is 2. The van der Waals surface area contributed by atoms with Crippen molar-refractivity contribution < 1.29 is 19.1 Å². The van der Waals surface area contributed by atoms with Crippen LogP contribution in [0, 0.1) is 5.92 Å². The Morgan fingerprint density at radius 3 is 2.53 bits per heavy atom. The molecule has 0 spiro atoms. The molecule has 0 unspecified atom stereocenters. The van der Waals surface area contributed by atoms with Crippen LogP contribution in [0.4, 0.5) is 10.5 Å². The first kappa shape index (κ1) is 25.1. The zero-order chi connectivity index (χ0) is 24.5. The first-order valence-electron chi connectivity index (χ1n) is 11.8. The Morgan fingerprint density at radius 2 is 1.82 bits per heavy atom. The Labute approximate surface area is 201 Å². The average molecular weight is 467 g/mol. The molecule has 0 radical (unpaired) electrons. The van der Waals surface area contributed by atoms with Crippen molar-refractivity contribution in [2.24, 2.45) is 5.92 Å². The molecule has 1 saturated heterocycles. The summed E-state index contributed by atoms with van der Waals surface area (Å²) in [7, 11) is 1.55. The number of benzene rings is 2. The Hall–Kier alpha value is -3.55. The molecule has 3 rings (SSSR count). The third kappa shape index (κ3) is 6.97. The summed E-state index contributed by atoms with van der Waals surface area (Å²) in [4.78, 5) is 41.5. The van der Waals surface area contributed by atoms with Gasteiger partial charge in [0.2, 0.25) is 11.8 Å². The number of rotatable bonds is 9. The van der Waals surface area contributed by atoms with E-state index in [9.17, 15) is 14.4 Å². The van der Waals surface area contributed by atoms with Crippen LogP contribution >= 0.6 is 0 Å². The SMILES string of the molecule is CNC(=O)CN(CCC(C)C)C(=O)N1CCC[C@H]1C(=O)Nc1cccc(Oc2ccccc2)c1. The highest BCUT2D eigenvalue weighted by Gasteiger charge is 2.36. The molecule has 2 aromatic carbocycles. The summed E-state index contributed by atoms with van der Waals surface area (Å²) < 4.78 is 5.85. The van der Waals surface area contributed by atoms with Crippen LogP contribution in [-0.2, 0) is 9.59 Å². The van der Waals surface area contributed by atoms with Crippen molar-refractivity contribution in [2.45, 2.75) is 39.2 Å². The van der Waals surface area contributed by atoms with Crippen LogP contribution in [0.5, 0.6) is 11.5 Å². The molecule has 0 aliphatic carbocycles. The number of likely N-dealkylation sites (N-methyl/N-ethyl adjacent to an activating group) is 1. The molecule has 8 heteroatoms. The fourth-order valence-electron chi connectivity index (χ4n) is 3.85. The van der Waals surface area contributed by atoms with E-state index in [1.807, 2.05) is 42.5 Å². The zero-order valence-corrected chi connectivity index (χ0v) is 20.1. The first-order valence-corrected chi connectivity index (χ1v) is 11.8. The van der Waals surface area contributed by atoms with Crippen molar-refractivity contribution in [3.8, 4) is 11.5 Å². The van der Waals surface area contributed by atoms with Gasteiger partial charge in [0.1, 0.15) is 24.1 Å². The third-order valence-corrected chi connectivity index (χ3v) is 5.74. The van der Waals surface area contributed by atoms with Crippen LogP contribution in [-0.4, -0.2) is 60.4 Å². The van der Waals surface area contributed by atoms with Gasteiger partial charge in [-0.1, -0.05) is 38.1 Å². The van der Waals surface area contributed by atoms with Gasteiger partial charge in [0.15, 0.2) is 0 Å². The molecular weight excluding hydrogens is 432 g/mol. The summed E-state index contributed by atoms with van der Waals surface area (Å²) in [6, 6.07) is 15.7. The van der Waals surface area contributed by atoms with Crippen molar-refractivity contribution in [1.82, 2.24) is 15.1 Å². The standard InChI is InChI=1S/C26H34N4O4/c1-19(2)14-16-29(18-24(31)27-3)26(33)30-15-8-13-23(30)25(32)28-20-9-7-12-22(17-20)34-21-10-5-4-6-11-21/h4-7,9-12,17,19,23H,8,13-16,18H2,1-3H3,(H,27,31)(H,28,32)/t23-/m0/s1. The number of carbonyl (C=O) groups excluding carboxylic acids is 3. The van der Waals surface area contributed by atoms with Gasteiger partial charge >= 0.3 is 6.03 Å². The predicted molar refractivity (Wildman–Crippen MR) is 132 cm³/mol. The van der Waals surface area contributed by atoms with E-state index in [0.717, 1.165) is 12.8 Å². The second-order valence-corrected chi connectivity index (χ2v) is 8.84. The van der Waals surface area contributed by atoms with E-state index in [-0.39, 0.29) is 24.4 Å². The van der Waals surface area contributed by atoms with E-state index >= 15 is 0 Å². The molecule has 34 heavy (non-hydrogen) atoms. The minimum Gasteiger partial charge on any atom is -0.457 e. The molecule has 182 valence electrons. The second-order valence-electron chi connectivity index (χ2n) is 8.84. The van der Waals surface area contributed by atoms with Gasteiger partial charge in [-0.2, -0.15) is 0 Å². The van der Waals surface area contributed by atoms with Gasteiger partial charge in [0, 0.05) is 31.9 Å². The summed E-state index contributed by atoms with van der Waals surface area (Å²) in [5, 5.41) is 5.50. The number of urea groups is 1. The lowest BCUT2D eigenvalue weighted by molar-refractivity contribution is -0.121. The topological polar surface area (TPSA) is 91.0 Å². The minimum atomic E-state index is -0.586. The highest BCUT2D eigenvalue weighted by molar-refractivity contribution is 5.97. The van der Waals surface area contributed by atoms with Gasteiger partial charge in [0.25, 0.3) is 0 Å². The quantitative estimate of drug-likeness (QED) is 0.582. The zero-order valence-electron chi connectivity index (χ0n) is 20.1. The summed E-state index contributed by atoms with van der Waals surface area (Å²) in [6.45, 7) is 5.08. The fourth-order valence-corrected chi connectivity index (χ4v) is 3.85. The van der Waals surface area contributed by atoms with Crippen molar-refractivity contribution in [2.75, 3.05) is 32.0 Å². The number of hydrogen-bond acceptors (Lipinski definition) is 4. The Kier molecular flexibility index (Phi) is 8.90. The van der Waals surface area contributed by atoms with E-state index in [4.69, 9.17) is 4.74 Å². The van der Waals surface area contributed by atoms with E-state index < -0.39 is 6.04 Å². The number of amides is 4. The Morgan fingerprint density at radius 1 is 1.09 bits per heavy atom. The molecule has 0 bridgehead atoms. The van der Waals surface area contributed by atoms with Crippen LogP contribution in [0.15, 0.2) is 54.6 Å². The average Bonchev–Trinajstić information content (AvgIpc) is 3.32. The van der Waals surface area contributed by atoms with E-state index in [1.165, 1.54) is 0 Å². The second kappa shape index (κ2) is 12.1. The van der Waals surface area contributed by atoms with Crippen molar-refractivity contribution in [3.05, 3.63) is 54.6 Å². The lowest BCUT2D eigenvalue weighted by Gasteiger charge is -2.31. The lowest BCUT2D eigenvalue weighted by Crippen LogP contribution is -2.51. The van der Waals surface area contributed by atoms with Gasteiger partial charge in [-0.25, -0.2) is 4.79 Å². The number of ether oxygens (including phenoxy) is 1. The number of carbonyl (C=O) groups is 3. The summed E-state index contributed by atoms with van der Waals surface area (Å²) in [6.07, 6.45) is 2.09. The number of likely N-dealkylation sites (tertiary alicyclic amines) is 1. The summed E-state index contributed by atoms with van der Waals surface area (Å²) >= 11 is 0. The minimum absolute atomic E-state index is 0.0221. The Balaban J connectivity index is 1.67. The highest BCUT2D eigenvalue weighted by Crippen LogP contribution is 2.25. The van der Waals surface area contributed by atoms with Crippen molar-refractivity contribution >= 4 is 23.5 Å². The maximum Gasteiger partial charge on any atom is 0.321 e. The van der Waals surface area contributed by atoms with Crippen LogP contribution < -0.4 is 15.4 Å². The third-order valence-electron chi connectivity index (χ3n) is 5.74. The van der Waals surface area contributed by atoms with Gasteiger partial charge < -0.3 is 25.2 Å². The molecule has 1 heterocycles. The normalized spacial score (nSPS) is 15.2. The summed E-state index contributed by atoms with van der Waals surface area (Å²) in [5.74, 6) is 1.23. The molecular formula is C26H34N4O4. The first-order chi connectivity index (χ1) is 16.4. The highest BCUT2D eigenvalue weighted by atomic mass is 16.5. The number of nitrogens with zero attached hydrogens (tertiary/aromatic N) is 2. The van der Waals surface area contributed by atoms with Crippen LogP contribution in [0.2, 0.25) is 0 Å². The van der Waals surface area contributed by atoms with E-state index in [1.54, 1.807) is 29.0 Å². The fraction of sp³-hybridized carbons (Fsp3) is 0.423. The van der Waals surface area contributed by atoms with Gasteiger partial charge in [-0.05, 0) is 49.4 Å². The maximum atomic E-state index is 13.3. The lowest BCUT2D eigenvalue weighted by atomic mass is 10.1. The van der Waals surface area contributed by atoms with E-state index in [2.05, 4.69) is 24.5 Å². The predicted octanol–water partition coefficient (Wildman–Crippen LogP) is 4.10. The molecule has 0 aromatic heterocycles. The molecule has 1 atom stereocenters. The van der Waals surface area contributed by atoms with Gasteiger partial charge in [-0.15, -0.1) is 0 Å². The van der Waals surface area contributed by atoms with E-state index in [0.29, 0.717) is 42.6 Å². The largest absolute Gasteiger partial charge is 0.457 e. The number of anilines is 1. The number of para-hydroxylation sites is 1. The molecule has 2 N–H and O–H groups in total. The van der Waals surface area contributed by atoms with Crippen molar-refractivity contribution in [3.63, 3.8) is 0 Å². The Bertz CT molecular complexity index is 980. The van der Waals surface area contributed by atoms with Gasteiger partial charge in [0.05, 0.1) is 0 Å². The van der Waals surface area contributed by atoms with Crippen LogP contribution in [0.25, 0.3) is 0 Å². The van der Waals surface area contributed by atoms with Gasteiger partial charge in [-0.3, -0.25) is 9.59 Å². The molecule has 1 fully saturated rings. The molecule has 1 aliphatic rings. The molecule has 2 aromatic rings.